The second-order valence-corrected chi connectivity index (χ2v) is 7.43. The highest BCUT2D eigenvalue weighted by Gasteiger charge is 2.11. The maximum atomic E-state index is 12.6. The molecule has 1 amide bonds. The molecule has 0 saturated heterocycles. The number of methoxy groups -OCH3 is 1. The minimum absolute atomic E-state index is 0.122. The summed E-state index contributed by atoms with van der Waals surface area (Å²) in [5, 5.41) is 6.67. The summed E-state index contributed by atoms with van der Waals surface area (Å²) in [5.41, 5.74) is 3.18. The van der Waals surface area contributed by atoms with Gasteiger partial charge in [0.1, 0.15) is 5.75 Å². The molecule has 152 valence electrons. The first kappa shape index (κ1) is 19.7. The van der Waals surface area contributed by atoms with Crippen LogP contribution in [0, 0.1) is 0 Å². The summed E-state index contributed by atoms with van der Waals surface area (Å²) in [7, 11) is 3.52. The molecule has 1 heterocycles. The number of fused-ring (bicyclic) bond motifs is 1. The summed E-state index contributed by atoms with van der Waals surface area (Å²) >= 11 is 0. The Morgan fingerprint density at radius 1 is 1.00 bits per heavy atom. The van der Waals surface area contributed by atoms with Gasteiger partial charge in [-0.25, -0.2) is 4.68 Å². The van der Waals surface area contributed by atoms with Gasteiger partial charge in [-0.15, -0.1) is 0 Å². The van der Waals surface area contributed by atoms with Crippen molar-refractivity contribution in [2.24, 2.45) is 0 Å². The van der Waals surface area contributed by atoms with Gasteiger partial charge in [0.2, 0.25) is 5.91 Å². The molecule has 5 heteroatoms. The first-order valence-electron chi connectivity index (χ1n) is 10.0. The predicted octanol–water partition coefficient (Wildman–Crippen LogP) is 4.63. The first-order valence-corrected chi connectivity index (χ1v) is 10.0. The number of ether oxygens (including phenoxy) is 1. The van der Waals surface area contributed by atoms with E-state index in [0.717, 1.165) is 33.3 Å². The van der Waals surface area contributed by atoms with Crippen LogP contribution in [-0.4, -0.2) is 34.7 Å². The van der Waals surface area contributed by atoms with Gasteiger partial charge in [-0.1, -0.05) is 36.4 Å². The Morgan fingerprint density at radius 3 is 2.57 bits per heavy atom. The van der Waals surface area contributed by atoms with E-state index in [9.17, 15) is 4.79 Å². The van der Waals surface area contributed by atoms with Crippen LogP contribution in [-0.2, 0) is 17.8 Å². The lowest BCUT2D eigenvalue weighted by atomic mass is 10.1. The minimum Gasteiger partial charge on any atom is -0.497 e. The van der Waals surface area contributed by atoms with Crippen molar-refractivity contribution in [3.05, 3.63) is 90.3 Å². The Morgan fingerprint density at radius 2 is 1.77 bits per heavy atom. The highest BCUT2D eigenvalue weighted by molar-refractivity contribution is 5.84. The van der Waals surface area contributed by atoms with Crippen molar-refractivity contribution in [3.63, 3.8) is 0 Å². The van der Waals surface area contributed by atoms with Gasteiger partial charge in [-0.3, -0.25) is 4.79 Å². The van der Waals surface area contributed by atoms with E-state index in [1.165, 1.54) is 0 Å². The van der Waals surface area contributed by atoms with Crippen LogP contribution in [0.3, 0.4) is 0 Å². The molecule has 1 aromatic heterocycles. The van der Waals surface area contributed by atoms with Crippen molar-refractivity contribution in [2.45, 2.75) is 19.4 Å². The maximum Gasteiger partial charge on any atom is 0.222 e. The van der Waals surface area contributed by atoms with Crippen LogP contribution in [0.1, 0.15) is 17.5 Å². The molecule has 3 aromatic carbocycles. The van der Waals surface area contributed by atoms with E-state index >= 15 is 0 Å². The summed E-state index contributed by atoms with van der Waals surface area (Å²) in [6.07, 6.45) is 4.95. The molecule has 0 saturated carbocycles. The lowest BCUT2D eigenvalue weighted by Crippen LogP contribution is -2.26. The number of aromatic nitrogens is 2. The third-order valence-corrected chi connectivity index (χ3v) is 5.24. The zero-order valence-electron chi connectivity index (χ0n) is 17.3. The van der Waals surface area contributed by atoms with Gasteiger partial charge >= 0.3 is 0 Å². The fourth-order valence-corrected chi connectivity index (χ4v) is 3.51. The van der Waals surface area contributed by atoms with Crippen molar-refractivity contribution < 1.29 is 9.53 Å². The van der Waals surface area contributed by atoms with Crippen LogP contribution >= 0.6 is 0 Å². The molecule has 0 aliphatic carbocycles. The first-order chi connectivity index (χ1) is 14.6. The van der Waals surface area contributed by atoms with Gasteiger partial charge < -0.3 is 9.64 Å². The highest BCUT2D eigenvalue weighted by Crippen LogP contribution is 2.22. The van der Waals surface area contributed by atoms with Gasteiger partial charge in [0.25, 0.3) is 0 Å². The standard InChI is InChI=1S/C25H25N3O2/c1-27(17-19-8-10-22-15-24(30-2)12-11-21(22)14-19)25(29)13-9-20-16-26-28(18-20)23-6-4-3-5-7-23/h3-8,10-12,14-16,18H,9,13,17H2,1-2H3. The normalized spacial score (nSPS) is 10.9. The molecule has 0 radical (unpaired) electrons. The Labute approximate surface area is 176 Å². The average molecular weight is 399 g/mol. The van der Waals surface area contributed by atoms with Crippen LogP contribution in [0.5, 0.6) is 5.75 Å². The summed E-state index contributed by atoms with van der Waals surface area (Å²) in [6.45, 7) is 0.587. The number of aryl methyl sites for hydroxylation is 1. The van der Waals surface area contributed by atoms with E-state index in [-0.39, 0.29) is 5.91 Å². The molecular formula is C25H25N3O2. The molecule has 5 nitrogen and oxygen atoms in total. The van der Waals surface area contributed by atoms with Crippen LogP contribution in [0.2, 0.25) is 0 Å². The van der Waals surface area contributed by atoms with E-state index in [4.69, 9.17) is 4.74 Å². The fourth-order valence-electron chi connectivity index (χ4n) is 3.51. The predicted molar refractivity (Wildman–Crippen MR) is 119 cm³/mol. The Balaban J connectivity index is 1.35. The monoisotopic (exact) mass is 399 g/mol. The zero-order valence-corrected chi connectivity index (χ0v) is 17.3. The van der Waals surface area contributed by atoms with Crippen molar-refractivity contribution >= 4 is 16.7 Å². The average Bonchev–Trinajstić information content (AvgIpc) is 3.26. The van der Waals surface area contributed by atoms with Gasteiger partial charge in [0.15, 0.2) is 0 Å². The van der Waals surface area contributed by atoms with Crippen molar-refractivity contribution in [1.82, 2.24) is 14.7 Å². The third kappa shape index (κ3) is 4.51. The smallest absolute Gasteiger partial charge is 0.222 e. The van der Waals surface area contributed by atoms with Gasteiger partial charge in [0.05, 0.1) is 19.0 Å². The van der Waals surface area contributed by atoms with Crippen LogP contribution < -0.4 is 4.74 Å². The number of amides is 1. The molecule has 0 N–H and O–H groups in total. The van der Waals surface area contributed by atoms with E-state index in [2.05, 4.69) is 23.3 Å². The molecular weight excluding hydrogens is 374 g/mol. The molecule has 4 rings (SSSR count). The number of hydrogen-bond acceptors (Lipinski definition) is 3. The van der Waals surface area contributed by atoms with E-state index < -0.39 is 0 Å². The van der Waals surface area contributed by atoms with Crippen molar-refractivity contribution in [1.29, 1.82) is 0 Å². The van der Waals surface area contributed by atoms with E-state index in [1.54, 1.807) is 12.0 Å². The number of para-hydroxylation sites is 1. The number of benzene rings is 3. The summed E-state index contributed by atoms with van der Waals surface area (Å²) in [6, 6.07) is 22.3. The maximum absolute atomic E-state index is 12.6. The summed E-state index contributed by atoms with van der Waals surface area (Å²) in [5.74, 6) is 0.968. The third-order valence-electron chi connectivity index (χ3n) is 5.24. The van der Waals surface area contributed by atoms with E-state index in [0.29, 0.717) is 19.4 Å². The molecule has 0 aliphatic rings. The molecule has 0 bridgehead atoms. The minimum atomic E-state index is 0.122. The lowest BCUT2D eigenvalue weighted by Gasteiger charge is -2.17. The zero-order chi connectivity index (χ0) is 20.9. The summed E-state index contributed by atoms with van der Waals surface area (Å²) in [4.78, 5) is 14.4. The van der Waals surface area contributed by atoms with Crippen LogP contribution in [0.4, 0.5) is 0 Å². The summed E-state index contributed by atoms with van der Waals surface area (Å²) < 4.78 is 7.12. The fraction of sp³-hybridized carbons (Fsp3) is 0.200. The topological polar surface area (TPSA) is 47.4 Å². The molecule has 0 atom stereocenters. The van der Waals surface area contributed by atoms with Crippen molar-refractivity contribution in [3.8, 4) is 11.4 Å². The lowest BCUT2D eigenvalue weighted by molar-refractivity contribution is -0.130. The molecule has 0 fully saturated rings. The second kappa shape index (κ2) is 8.82. The van der Waals surface area contributed by atoms with Crippen molar-refractivity contribution in [2.75, 3.05) is 14.2 Å². The Hall–Kier alpha value is -3.60. The Bertz CT molecular complexity index is 1150. The molecule has 0 spiro atoms. The van der Waals surface area contributed by atoms with Crippen LogP contribution in [0.25, 0.3) is 16.5 Å². The van der Waals surface area contributed by atoms with Gasteiger partial charge in [-0.2, -0.15) is 5.10 Å². The molecule has 0 unspecified atom stereocenters. The molecule has 4 aromatic rings. The highest BCUT2D eigenvalue weighted by atomic mass is 16.5. The van der Waals surface area contributed by atoms with E-state index in [1.807, 2.05) is 72.7 Å². The van der Waals surface area contributed by atoms with Gasteiger partial charge in [0, 0.05) is 26.2 Å². The number of carbonyl (C=O) groups excluding carboxylic acids is 1. The Kier molecular flexibility index (Phi) is 5.80. The number of nitrogens with zero attached hydrogens (tertiary/aromatic N) is 3. The largest absolute Gasteiger partial charge is 0.497 e. The molecule has 0 aliphatic heterocycles. The number of carbonyl (C=O) groups is 1. The quantitative estimate of drug-likeness (QED) is 0.455. The number of hydrogen-bond donors (Lipinski definition) is 0. The van der Waals surface area contributed by atoms with Crippen LogP contribution in [0.15, 0.2) is 79.1 Å². The second-order valence-electron chi connectivity index (χ2n) is 7.43. The SMILES string of the molecule is COc1ccc2cc(CN(C)C(=O)CCc3cnn(-c4ccccc4)c3)ccc2c1. The molecule has 30 heavy (non-hydrogen) atoms. The van der Waals surface area contributed by atoms with Gasteiger partial charge in [-0.05, 0) is 58.7 Å². The number of rotatable bonds is 7.